The third-order valence-electron chi connectivity index (χ3n) is 4.75. The molecule has 0 aliphatic carbocycles. The van der Waals surface area contributed by atoms with Crippen LogP contribution in [0.1, 0.15) is 34.1 Å². The summed E-state index contributed by atoms with van der Waals surface area (Å²) in [5, 5.41) is 6.13. The maximum atomic E-state index is 12.7. The molecule has 0 bridgehead atoms. The molecule has 2 N–H and O–H groups in total. The van der Waals surface area contributed by atoms with Gasteiger partial charge in [0, 0.05) is 18.4 Å². The van der Waals surface area contributed by atoms with Gasteiger partial charge in [-0.1, -0.05) is 31.2 Å². The Morgan fingerprint density at radius 2 is 2.00 bits per heavy atom. The molecular formula is C22H22N4O3. The first kappa shape index (κ1) is 18.7. The van der Waals surface area contributed by atoms with Gasteiger partial charge in [0.25, 0.3) is 5.91 Å². The highest BCUT2D eigenvalue weighted by Gasteiger charge is 2.14. The number of amides is 1. The predicted octanol–water partition coefficient (Wildman–Crippen LogP) is 3.94. The van der Waals surface area contributed by atoms with Gasteiger partial charge in [0.1, 0.15) is 5.69 Å². The van der Waals surface area contributed by atoms with Gasteiger partial charge in [-0.3, -0.25) is 4.79 Å². The van der Waals surface area contributed by atoms with Gasteiger partial charge < -0.3 is 20.1 Å². The van der Waals surface area contributed by atoms with Crippen LogP contribution in [0, 0.1) is 6.92 Å². The van der Waals surface area contributed by atoms with Gasteiger partial charge in [0.05, 0.1) is 0 Å². The Bertz CT molecular complexity index is 1050. The summed E-state index contributed by atoms with van der Waals surface area (Å²) in [6.45, 7) is 4.78. The molecule has 3 aromatic rings. The van der Waals surface area contributed by atoms with E-state index in [1.165, 1.54) is 0 Å². The number of carbonyl (C=O) groups is 1. The Hall–Kier alpha value is -3.61. The van der Waals surface area contributed by atoms with E-state index in [9.17, 15) is 4.79 Å². The van der Waals surface area contributed by atoms with Gasteiger partial charge in [-0.15, -0.1) is 0 Å². The number of hydrogen-bond acceptors (Lipinski definition) is 6. The van der Waals surface area contributed by atoms with Crippen molar-refractivity contribution in [2.24, 2.45) is 0 Å². The summed E-state index contributed by atoms with van der Waals surface area (Å²) in [5.74, 6) is 1.59. The van der Waals surface area contributed by atoms with Crippen molar-refractivity contribution in [3.8, 4) is 11.5 Å². The number of carbonyl (C=O) groups excluding carboxylic acids is 1. The van der Waals surface area contributed by atoms with Crippen molar-refractivity contribution in [3.63, 3.8) is 0 Å². The number of rotatable bonds is 6. The molecule has 1 amide bonds. The number of benzene rings is 2. The van der Waals surface area contributed by atoms with E-state index in [4.69, 9.17) is 9.47 Å². The highest BCUT2D eigenvalue weighted by Crippen LogP contribution is 2.32. The smallest absolute Gasteiger partial charge is 0.274 e. The Morgan fingerprint density at radius 3 is 2.86 bits per heavy atom. The van der Waals surface area contributed by atoms with Crippen molar-refractivity contribution < 1.29 is 14.3 Å². The minimum Gasteiger partial charge on any atom is -0.454 e. The normalized spacial score (nSPS) is 11.9. The summed E-state index contributed by atoms with van der Waals surface area (Å²) in [6.07, 6.45) is 2.41. The maximum absolute atomic E-state index is 12.7. The molecule has 0 spiro atoms. The van der Waals surface area contributed by atoms with Crippen molar-refractivity contribution >= 4 is 17.5 Å². The number of hydrogen-bond donors (Lipinski definition) is 2. The molecule has 148 valence electrons. The largest absolute Gasteiger partial charge is 0.454 e. The fourth-order valence-corrected chi connectivity index (χ4v) is 3.18. The summed E-state index contributed by atoms with van der Waals surface area (Å²) in [4.78, 5) is 21.3. The number of aryl methyl sites for hydroxylation is 2. The fraction of sp³-hybridized carbons (Fsp3) is 0.227. The summed E-state index contributed by atoms with van der Waals surface area (Å²) in [7, 11) is 0. The third-order valence-corrected chi connectivity index (χ3v) is 4.75. The predicted molar refractivity (Wildman–Crippen MR) is 110 cm³/mol. The second kappa shape index (κ2) is 8.18. The first-order valence-electron chi connectivity index (χ1n) is 9.49. The van der Waals surface area contributed by atoms with E-state index in [2.05, 4.69) is 27.5 Å². The molecule has 0 unspecified atom stereocenters. The summed E-state index contributed by atoms with van der Waals surface area (Å²) < 4.78 is 10.7. The highest BCUT2D eigenvalue weighted by atomic mass is 16.7. The zero-order chi connectivity index (χ0) is 20.2. The van der Waals surface area contributed by atoms with Crippen LogP contribution in [0.5, 0.6) is 11.5 Å². The van der Waals surface area contributed by atoms with Crippen molar-refractivity contribution in [2.45, 2.75) is 26.8 Å². The molecule has 1 aliphatic heterocycles. The van der Waals surface area contributed by atoms with Gasteiger partial charge in [-0.25, -0.2) is 9.97 Å². The first-order chi connectivity index (χ1) is 14.1. The zero-order valence-corrected chi connectivity index (χ0v) is 16.4. The van der Waals surface area contributed by atoms with Crippen LogP contribution in [0.3, 0.4) is 0 Å². The number of aromatic nitrogens is 2. The molecule has 7 heteroatoms. The van der Waals surface area contributed by atoms with E-state index >= 15 is 0 Å². The Kier molecular flexibility index (Phi) is 5.29. The second-order valence-corrected chi connectivity index (χ2v) is 6.72. The standard InChI is InChI=1S/C22H22N4O3/c1-3-16-6-4-5-14(2)20(16)26-21(27)17-9-10-23-22(25-17)24-12-15-7-8-18-19(11-15)29-13-28-18/h4-11H,3,12-13H2,1-2H3,(H,26,27)(H,23,24,25). The molecule has 0 saturated heterocycles. The summed E-state index contributed by atoms with van der Waals surface area (Å²) in [6, 6.07) is 13.3. The lowest BCUT2D eigenvalue weighted by Gasteiger charge is -2.13. The van der Waals surface area contributed by atoms with Gasteiger partial charge >= 0.3 is 0 Å². The molecule has 1 aromatic heterocycles. The first-order valence-corrected chi connectivity index (χ1v) is 9.49. The Morgan fingerprint density at radius 1 is 1.14 bits per heavy atom. The fourth-order valence-electron chi connectivity index (χ4n) is 3.18. The monoisotopic (exact) mass is 390 g/mol. The van der Waals surface area contributed by atoms with Crippen LogP contribution in [-0.4, -0.2) is 22.7 Å². The van der Waals surface area contributed by atoms with Gasteiger partial charge in [-0.2, -0.15) is 0 Å². The lowest BCUT2D eigenvalue weighted by molar-refractivity contribution is 0.102. The number of nitrogens with zero attached hydrogens (tertiary/aromatic N) is 2. The average Bonchev–Trinajstić information content (AvgIpc) is 3.21. The molecule has 1 aliphatic rings. The van der Waals surface area contributed by atoms with E-state index in [0.29, 0.717) is 18.2 Å². The summed E-state index contributed by atoms with van der Waals surface area (Å²) in [5.41, 5.74) is 4.26. The van der Waals surface area contributed by atoms with Crippen LogP contribution in [0.2, 0.25) is 0 Å². The molecule has 0 radical (unpaired) electrons. The average molecular weight is 390 g/mol. The van der Waals surface area contributed by atoms with E-state index in [-0.39, 0.29) is 12.7 Å². The molecule has 0 fully saturated rings. The molecule has 0 saturated carbocycles. The molecule has 29 heavy (non-hydrogen) atoms. The molecule has 0 atom stereocenters. The van der Waals surface area contributed by atoms with Crippen molar-refractivity contribution in [3.05, 3.63) is 71.0 Å². The van der Waals surface area contributed by atoms with Crippen LogP contribution >= 0.6 is 0 Å². The van der Waals surface area contributed by atoms with Crippen LogP contribution in [0.4, 0.5) is 11.6 Å². The van der Waals surface area contributed by atoms with Gasteiger partial charge in [0.15, 0.2) is 11.5 Å². The number of ether oxygens (including phenoxy) is 2. The molecule has 2 aromatic carbocycles. The Balaban J connectivity index is 1.45. The lowest BCUT2D eigenvalue weighted by atomic mass is 10.1. The molecule has 7 nitrogen and oxygen atoms in total. The second-order valence-electron chi connectivity index (χ2n) is 6.72. The van der Waals surface area contributed by atoms with Gasteiger partial charge in [0.2, 0.25) is 12.7 Å². The number of nitrogens with one attached hydrogen (secondary N) is 2. The quantitative estimate of drug-likeness (QED) is 0.663. The summed E-state index contributed by atoms with van der Waals surface area (Å²) >= 11 is 0. The minimum absolute atomic E-state index is 0.243. The van der Waals surface area contributed by atoms with E-state index in [1.807, 2.05) is 43.3 Å². The number of anilines is 2. The molecule has 4 rings (SSSR count). The van der Waals surface area contributed by atoms with E-state index in [0.717, 1.165) is 40.3 Å². The van der Waals surface area contributed by atoms with Crippen LogP contribution in [0.25, 0.3) is 0 Å². The van der Waals surface area contributed by atoms with Crippen LogP contribution in [0.15, 0.2) is 48.7 Å². The van der Waals surface area contributed by atoms with Crippen LogP contribution < -0.4 is 20.1 Å². The highest BCUT2D eigenvalue weighted by molar-refractivity contribution is 6.03. The van der Waals surface area contributed by atoms with Gasteiger partial charge in [-0.05, 0) is 48.2 Å². The number of fused-ring (bicyclic) bond motifs is 1. The maximum Gasteiger partial charge on any atom is 0.274 e. The zero-order valence-electron chi connectivity index (χ0n) is 16.4. The molecular weight excluding hydrogens is 368 g/mol. The van der Waals surface area contributed by atoms with Crippen molar-refractivity contribution in [2.75, 3.05) is 17.4 Å². The lowest BCUT2D eigenvalue weighted by Crippen LogP contribution is -2.17. The minimum atomic E-state index is -0.262. The number of para-hydroxylation sites is 1. The van der Waals surface area contributed by atoms with E-state index < -0.39 is 0 Å². The van der Waals surface area contributed by atoms with E-state index in [1.54, 1.807) is 12.3 Å². The topological polar surface area (TPSA) is 85.4 Å². The van der Waals surface area contributed by atoms with Crippen molar-refractivity contribution in [1.29, 1.82) is 0 Å². The van der Waals surface area contributed by atoms with Crippen molar-refractivity contribution in [1.82, 2.24) is 9.97 Å². The SMILES string of the molecule is CCc1cccc(C)c1NC(=O)c1ccnc(NCc2ccc3c(c2)OCO3)n1. The Labute approximate surface area is 169 Å². The van der Waals surface area contributed by atoms with Crippen LogP contribution in [-0.2, 0) is 13.0 Å². The molecule has 2 heterocycles. The third kappa shape index (κ3) is 4.13.